The Balaban J connectivity index is 1.71. The monoisotopic (exact) mass is 292 g/mol. The van der Waals surface area contributed by atoms with Gasteiger partial charge >= 0.3 is 0 Å². The van der Waals surface area contributed by atoms with Gasteiger partial charge in [-0.05, 0) is 29.7 Å². The van der Waals surface area contributed by atoms with Crippen molar-refractivity contribution in [2.45, 2.75) is 12.5 Å². The van der Waals surface area contributed by atoms with Crippen LogP contribution in [0.25, 0.3) is 10.6 Å². The lowest BCUT2D eigenvalue weighted by Crippen LogP contribution is -2.24. The molecule has 21 heavy (non-hydrogen) atoms. The lowest BCUT2D eigenvalue weighted by molar-refractivity contribution is 0.547. The molecule has 0 bridgehead atoms. The first-order valence-electron chi connectivity index (χ1n) is 7.02. The van der Waals surface area contributed by atoms with Gasteiger partial charge in [0.15, 0.2) is 0 Å². The maximum Gasteiger partial charge on any atom is 0.125 e. The number of hydrogen-bond acceptors (Lipinski definition) is 3. The molecule has 0 N–H and O–H groups in total. The number of rotatable bonds is 2. The molecule has 0 saturated carbocycles. The summed E-state index contributed by atoms with van der Waals surface area (Å²) in [6.45, 7) is 0.876. The third-order valence-electron chi connectivity index (χ3n) is 3.75. The van der Waals surface area contributed by atoms with Gasteiger partial charge in [0.05, 0.1) is 11.7 Å². The van der Waals surface area contributed by atoms with Crippen molar-refractivity contribution in [1.82, 2.24) is 15.3 Å². The van der Waals surface area contributed by atoms with Crippen LogP contribution in [0.5, 0.6) is 0 Å². The summed E-state index contributed by atoms with van der Waals surface area (Å²) in [5.74, 6) is 0. The van der Waals surface area contributed by atoms with Crippen LogP contribution in [0.3, 0.4) is 0 Å². The summed E-state index contributed by atoms with van der Waals surface area (Å²) in [4.78, 5) is 8.95. The molecule has 0 saturated heterocycles. The van der Waals surface area contributed by atoms with E-state index in [1.165, 1.54) is 11.1 Å². The van der Waals surface area contributed by atoms with Gasteiger partial charge in [0.25, 0.3) is 0 Å². The Kier molecular flexibility index (Phi) is 3.25. The number of thiazole rings is 1. The molecule has 2 aromatic heterocycles. The molecular formula is C17H14N3S. The van der Waals surface area contributed by atoms with Gasteiger partial charge in [-0.3, -0.25) is 4.98 Å². The Hall–Kier alpha value is -2.04. The van der Waals surface area contributed by atoms with E-state index in [4.69, 9.17) is 10.3 Å². The fourth-order valence-corrected chi connectivity index (χ4v) is 3.56. The largest absolute Gasteiger partial charge is 0.264 e. The molecule has 3 aromatic rings. The van der Waals surface area contributed by atoms with Crippen LogP contribution < -0.4 is 5.32 Å². The van der Waals surface area contributed by atoms with Crippen LogP contribution in [0.15, 0.2) is 54.2 Å². The SMILES string of the molecule is c1cncc(-c2nc(C3[N]CCc4ccccc43)cs2)c1. The molecule has 4 rings (SSSR count). The molecule has 3 nitrogen and oxygen atoms in total. The van der Waals surface area contributed by atoms with E-state index in [9.17, 15) is 0 Å². The number of pyridine rings is 1. The van der Waals surface area contributed by atoms with Crippen LogP contribution in [0.2, 0.25) is 0 Å². The number of hydrogen-bond donors (Lipinski definition) is 0. The van der Waals surface area contributed by atoms with E-state index < -0.39 is 0 Å². The predicted octanol–water partition coefficient (Wildman–Crippen LogP) is 3.46. The van der Waals surface area contributed by atoms with Gasteiger partial charge in [-0.1, -0.05) is 24.3 Å². The number of benzene rings is 1. The maximum atomic E-state index is 4.79. The van der Waals surface area contributed by atoms with Gasteiger partial charge in [0.1, 0.15) is 5.01 Å². The van der Waals surface area contributed by atoms with Crippen LogP contribution in [-0.4, -0.2) is 16.5 Å². The van der Waals surface area contributed by atoms with Crippen LogP contribution >= 0.6 is 11.3 Å². The standard InChI is InChI=1S/C17H14N3S/c1-2-6-14-12(4-1)7-9-19-16(14)15-11-21-17(20-15)13-5-3-8-18-10-13/h1-6,8,10-11,16H,7,9H2. The molecule has 1 aromatic carbocycles. The lowest BCUT2D eigenvalue weighted by atomic mass is 9.93. The van der Waals surface area contributed by atoms with Crippen LogP contribution in [0.1, 0.15) is 22.9 Å². The quantitative estimate of drug-likeness (QED) is 0.725. The molecule has 1 radical (unpaired) electrons. The summed E-state index contributed by atoms with van der Waals surface area (Å²) in [5.41, 5.74) is 4.81. The maximum absolute atomic E-state index is 4.79. The van der Waals surface area contributed by atoms with E-state index in [2.05, 4.69) is 34.6 Å². The van der Waals surface area contributed by atoms with Crippen molar-refractivity contribution in [1.29, 1.82) is 0 Å². The van der Waals surface area contributed by atoms with Gasteiger partial charge in [0, 0.05) is 29.9 Å². The Morgan fingerprint density at radius 3 is 2.95 bits per heavy atom. The second-order valence-corrected chi connectivity index (χ2v) is 5.93. The molecule has 1 atom stereocenters. The molecule has 1 aliphatic heterocycles. The average Bonchev–Trinajstić information content (AvgIpc) is 3.05. The smallest absolute Gasteiger partial charge is 0.125 e. The summed E-state index contributed by atoms with van der Waals surface area (Å²) in [6, 6.07) is 12.6. The Morgan fingerprint density at radius 2 is 2.05 bits per heavy atom. The van der Waals surface area contributed by atoms with Gasteiger partial charge in [0.2, 0.25) is 0 Å². The van der Waals surface area contributed by atoms with Crippen molar-refractivity contribution in [2.75, 3.05) is 6.54 Å². The van der Waals surface area contributed by atoms with Crippen molar-refractivity contribution in [3.63, 3.8) is 0 Å². The minimum Gasteiger partial charge on any atom is -0.264 e. The summed E-state index contributed by atoms with van der Waals surface area (Å²) in [7, 11) is 0. The van der Waals surface area contributed by atoms with Crippen LogP contribution in [0, 0.1) is 0 Å². The van der Waals surface area contributed by atoms with Crippen molar-refractivity contribution in [3.8, 4) is 10.6 Å². The fourth-order valence-electron chi connectivity index (χ4n) is 2.73. The van der Waals surface area contributed by atoms with Crippen molar-refractivity contribution in [2.24, 2.45) is 0 Å². The first-order valence-corrected chi connectivity index (χ1v) is 7.90. The number of aromatic nitrogens is 2. The molecule has 0 aliphatic carbocycles. The average molecular weight is 292 g/mol. The highest BCUT2D eigenvalue weighted by Gasteiger charge is 2.24. The summed E-state index contributed by atoms with van der Waals surface area (Å²) in [6.07, 6.45) is 4.67. The zero-order valence-corrected chi connectivity index (χ0v) is 12.3. The van der Waals surface area contributed by atoms with Gasteiger partial charge in [-0.2, -0.15) is 0 Å². The lowest BCUT2D eigenvalue weighted by Gasteiger charge is -2.23. The zero-order valence-electron chi connectivity index (χ0n) is 11.4. The second kappa shape index (κ2) is 5.39. The highest BCUT2D eigenvalue weighted by atomic mass is 32.1. The second-order valence-electron chi connectivity index (χ2n) is 5.08. The molecule has 4 heteroatoms. The van der Waals surface area contributed by atoms with E-state index in [1.807, 2.05) is 18.3 Å². The third-order valence-corrected chi connectivity index (χ3v) is 4.66. The van der Waals surface area contributed by atoms with E-state index in [0.717, 1.165) is 29.2 Å². The Morgan fingerprint density at radius 1 is 1.10 bits per heavy atom. The summed E-state index contributed by atoms with van der Waals surface area (Å²) in [5, 5.41) is 7.91. The minimum atomic E-state index is 0.0802. The zero-order chi connectivity index (χ0) is 14.1. The predicted molar refractivity (Wildman–Crippen MR) is 84.3 cm³/mol. The highest BCUT2D eigenvalue weighted by Crippen LogP contribution is 2.32. The van der Waals surface area contributed by atoms with E-state index >= 15 is 0 Å². The molecule has 1 unspecified atom stereocenters. The normalized spacial score (nSPS) is 17.4. The number of fused-ring (bicyclic) bond motifs is 1. The molecule has 0 amide bonds. The van der Waals surface area contributed by atoms with Crippen molar-refractivity contribution < 1.29 is 0 Å². The Labute approximate surface area is 127 Å². The van der Waals surface area contributed by atoms with Gasteiger partial charge in [-0.15, -0.1) is 11.3 Å². The van der Waals surface area contributed by atoms with Crippen molar-refractivity contribution in [3.05, 3.63) is 71.0 Å². The fraction of sp³-hybridized carbons (Fsp3) is 0.176. The van der Waals surface area contributed by atoms with Gasteiger partial charge in [-0.25, -0.2) is 10.3 Å². The highest BCUT2D eigenvalue weighted by molar-refractivity contribution is 7.13. The van der Waals surface area contributed by atoms with E-state index in [1.54, 1.807) is 17.5 Å². The molecule has 1 aliphatic rings. The first kappa shape index (κ1) is 12.7. The molecule has 0 fully saturated rings. The molecular weight excluding hydrogens is 278 g/mol. The van der Waals surface area contributed by atoms with Gasteiger partial charge < -0.3 is 0 Å². The van der Waals surface area contributed by atoms with E-state index in [0.29, 0.717) is 0 Å². The third kappa shape index (κ3) is 2.37. The minimum absolute atomic E-state index is 0.0802. The molecule has 0 spiro atoms. The summed E-state index contributed by atoms with van der Waals surface area (Å²) < 4.78 is 0. The Bertz CT molecular complexity index is 751. The first-order chi connectivity index (χ1) is 10.4. The molecule has 103 valence electrons. The topological polar surface area (TPSA) is 39.9 Å². The number of nitrogens with zero attached hydrogens (tertiary/aromatic N) is 3. The van der Waals surface area contributed by atoms with E-state index in [-0.39, 0.29) is 6.04 Å². The van der Waals surface area contributed by atoms with Crippen LogP contribution in [0.4, 0.5) is 0 Å². The molecule has 3 heterocycles. The summed E-state index contributed by atoms with van der Waals surface area (Å²) >= 11 is 1.66. The van der Waals surface area contributed by atoms with Crippen LogP contribution in [-0.2, 0) is 6.42 Å². The van der Waals surface area contributed by atoms with Crippen molar-refractivity contribution >= 4 is 11.3 Å².